The Morgan fingerprint density at radius 2 is 2.04 bits per heavy atom. The molecule has 1 fully saturated rings. The highest BCUT2D eigenvalue weighted by molar-refractivity contribution is 7.80. The minimum absolute atomic E-state index is 0.0107. The van der Waals surface area contributed by atoms with Gasteiger partial charge in [-0.25, -0.2) is 0 Å². The van der Waals surface area contributed by atoms with Gasteiger partial charge in [0.25, 0.3) is 5.69 Å². The summed E-state index contributed by atoms with van der Waals surface area (Å²) in [6.07, 6.45) is 3.69. The highest BCUT2D eigenvalue weighted by Crippen LogP contribution is 2.42. The number of hydrogen-bond donors (Lipinski definition) is 2. The van der Waals surface area contributed by atoms with E-state index in [0.717, 1.165) is 31.2 Å². The van der Waals surface area contributed by atoms with Crippen LogP contribution in [0.25, 0.3) is 0 Å². The molecule has 0 aromatic heterocycles. The summed E-state index contributed by atoms with van der Waals surface area (Å²) in [7, 11) is 0. The Morgan fingerprint density at radius 3 is 2.65 bits per heavy atom. The molecule has 1 saturated carbocycles. The molecular formula is C16H19N3O3S. The van der Waals surface area contributed by atoms with Crippen molar-refractivity contribution in [1.29, 1.82) is 5.26 Å². The van der Waals surface area contributed by atoms with Crippen LogP contribution in [0.3, 0.4) is 0 Å². The Morgan fingerprint density at radius 1 is 1.39 bits per heavy atom. The summed E-state index contributed by atoms with van der Waals surface area (Å²) in [4.78, 5) is 22.6. The minimum atomic E-state index is -0.434. The molecule has 6 nitrogen and oxygen atoms in total. The molecule has 0 saturated heterocycles. The molecule has 1 unspecified atom stereocenters. The molecule has 0 aliphatic heterocycles. The third kappa shape index (κ3) is 4.23. The highest BCUT2D eigenvalue weighted by atomic mass is 32.1. The smallest absolute Gasteiger partial charge is 0.269 e. The Balaban J connectivity index is 2.14. The molecule has 1 aliphatic carbocycles. The van der Waals surface area contributed by atoms with E-state index in [1.165, 1.54) is 12.1 Å². The average Bonchev–Trinajstić information content (AvgIpc) is 2.59. The van der Waals surface area contributed by atoms with Crippen molar-refractivity contribution in [3.63, 3.8) is 0 Å². The zero-order chi connectivity index (χ0) is 16.8. The summed E-state index contributed by atoms with van der Waals surface area (Å²) >= 11 is 4.68. The normalized spacial score (nSPS) is 21.9. The zero-order valence-electron chi connectivity index (χ0n) is 12.6. The lowest BCUT2D eigenvalue weighted by Gasteiger charge is -2.34. The summed E-state index contributed by atoms with van der Waals surface area (Å²) in [5.74, 6) is -0.209. The third-order valence-electron chi connectivity index (χ3n) is 4.35. The van der Waals surface area contributed by atoms with Gasteiger partial charge >= 0.3 is 0 Å². The van der Waals surface area contributed by atoms with Gasteiger partial charge in [-0.15, -0.1) is 0 Å². The molecule has 2 rings (SSSR count). The fraction of sp³-hybridized carbons (Fsp3) is 0.500. The first-order valence-electron chi connectivity index (χ1n) is 7.61. The zero-order valence-corrected chi connectivity index (χ0v) is 13.5. The largest absolute Gasteiger partial charge is 0.343 e. The number of nitro groups is 1. The topological polar surface area (TPSA) is 96.0 Å². The van der Waals surface area contributed by atoms with Crippen molar-refractivity contribution >= 4 is 24.2 Å². The lowest BCUT2D eigenvalue weighted by atomic mass is 9.75. The molecule has 0 radical (unpaired) electrons. The first kappa shape index (κ1) is 17.3. The van der Waals surface area contributed by atoms with E-state index in [1.807, 2.05) is 6.07 Å². The fourth-order valence-electron chi connectivity index (χ4n) is 3.16. The van der Waals surface area contributed by atoms with E-state index >= 15 is 0 Å². The van der Waals surface area contributed by atoms with Gasteiger partial charge < -0.3 is 5.32 Å². The number of nitrogens with zero attached hydrogens (tertiary/aromatic N) is 2. The van der Waals surface area contributed by atoms with Crippen LogP contribution in [0.5, 0.6) is 0 Å². The molecule has 122 valence electrons. The van der Waals surface area contributed by atoms with Crippen LogP contribution >= 0.6 is 12.6 Å². The van der Waals surface area contributed by atoms with Gasteiger partial charge in [0, 0.05) is 23.3 Å². The molecule has 1 amide bonds. The van der Waals surface area contributed by atoms with Gasteiger partial charge in [-0.3, -0.25) is 14.9 Å². The number of amides is 1. The number of benzene rings is 1. The highest BCUT2D eigenvalue weighted by Gasteiger charge is 2.35. The maximum Gasteiger partial charge on any atom is 0.269 e. The molecular weight excluding hydrogens is 314 g/mol. The van der Waals surface area contributed by atoms with E-state index in [2.05, 4.69) is 17.9 Å². The standard InChI is InChI=1S/C16H19N3O3S/c17-9-10-18-16(20)14-4-2-1-3-13(14)15(23)11-5-7-12(8-6-11)19(21)22/h5-8,13-15,23H,1-4,10H2,(H,18,20)/t13-,14-,15?/m0/s1. The predicted octanol–water partition coefficient (Wildman–Crippen LogP) is 3.01. The van der Waals surface area contributed by atoms with Crippen molar-refractivity contribution in [3.8, 4) is 6.07 Å². The van der Waals surface area contributed by atoms with Crippen molar-refractivity contribution in [2.45, 2.75) is 30.9 Å². The van der Waals surface area contributed by atoms with E-state index in [9.17, 15) is 14.9 Å². The number of non-ortho nitro benzene ring substituents is 1. The number of hydrogen-bond acceptors (Lipinski definition) is 5. The van der Waals surface area contributed by atoms with Crippen molar-refractivity contribution in [2.24, 2.45) is 11.8 Å². The van der Waals surface area contributed by atoms with Crippen LogP contribution in [0, 0.1) is 33.3 Å². The van der Waals surface area contributed by atoms with Crippen molar-refractivity contribution in [3.05, 3.63) is 39.9 Å². The van der Waals surface area contributed by atoms with Crippen LogP contribution < -0.4 is 5.32 Å². The lowest BCUT2D eigenvalue weighted by molar-refractivity contribution is -0.384. The Labute approximate surface area is 140 Å². The SMILES string of the molecule is N#CCNC(=O)[C@H]1CCCC[C@@H]1C(S)c1ccc([N+](=O)[O-])cc1. The van der Waals surface area contributed by atoms with Crippen LogP contribution in [0.15, 0.2) is 24.3 Å². The van der Waals surface area contributed by atoms with Gasteiger partial charge in [0.2, 0.25) is 5.91 Å². The molecule has 7 heteroatoms. The molecule has 1 aromatic carbocycles. The maximum atomic E-state index is 12.3. The van der Waals surface area contributed by atoms with Gasteiger partial charge in [0.15, 0.2) is 0 Å². The van der Waals surface area contributed by atoms with Crippen LogP contribution in [-0.2, 0) is 4.79 Å². The molecule has 1 aliphatic rings. The van der Waals surface area contributed by atoms with Gasteiger partial charge in [0.05, 0.1) is 11.0 Å². The first-order valence-corrected chi connectivity index (χ1v) is 8.13. The Kier molecular flexibility index (Phi) is 5.99. The van der Waals surface area contributed by atoms with Gasteiger partial charge in [-0.2, -0.15) is 17.9 Å². The predicted molar refractivity (Wildman–Crippen MR) is 88.9 cm³/mol. The van der Waals surface area contributed by atoms with E-state index in [4.69, 9.17) is 5.26 Å². The van der Waals surface area contributed by atoms with Gasteiger partial charge in [-0.05, 0) is 24.3 Å². The average molecular weight is 333 g/mol. The molecule has 23 heavy (non-hydrogen) atoms. The summed E-state index contributed by atoms with van der Waals surface area (Å²) in [6, 6.07) is 8.25. The van der Waals surface area contributed by atoms with Crippen LogP contribution in [-0.4, -0.2) is 17.4 Å². The lowest BCUT2D eigenvalue weighted by Crippen LogP contribution is -2.38. The van der Waals surface area contributed by atoms with E-state index in [1.54, 1.807) is 12.1 Å². The van der Waals surface area contributed by atoms with Crippen LogP contribution in [0.1, 0.15) is 36.5 Å². The fourth-order valence-corrected chi connectivity index (χ4v) is 3.69. The molecule has 0 spiro atoms. The van der Waals surface area contributed by atoms with Crippen LogP contribution in [0.2, 0.25) is 0 Å². The summed E-state index contributed by atoms with van der Waals surface area (Å²) in [5, 5.41) is 21.8. The summed E-state index contributed by atoms with van der Waals surface area (Å²) < 4.78 is 0. The summed E-state index contributed by atoms with van der Waals surface area (Å²) in [5.41, 5.74) is 0.921. The van der Waals surface area contributed by atoms with E-state index < -0.39 is 4.92 Å². The van der Waals surface area contributed by atoms with Crippen molar-refractivity contribution in [1.82, 2.24) is 5.32 Å². The number of nitrogens with one attached hydrogen (secondary N) is 1. The number of nitro benzene ring substituents is 1. The molecule has 0 heterocycles. The summed E-state index contributed by atoms with van der Waals surface area (Å²) in [6.45, 7) is 0.0107. The van der Waals surface area contributed by atoms with Crippen molar-refractivity contribution in [2.75, 3.05) is 6.54 Å². The maximum absolute atomic E-state index is 12.3. The van der Waals surface area contributed by atoms with E-state index in [-0.39, 0.29) is 35.2 Å². The van der Waals surface area contributed by atoms with Gasteiger partial charge in [0.1, 0.15) is 6.54 Å². The quantitative estimate of drug-likeness (QED) is 0.375. The molecule has 3 atom stereocenters. The molecule has 1 aromatic rings. The number of carbonyl (C=O) groups excluding carboxylic acids is 1. The number of thiol groups is 1. The minimum Gasteiger partial charge on any atom is -0.343 e. The second-order valence-corrected chi connectivity index (χ2v) is 6.28. The second kappa shape index (κ2) is 7.97. The number of nitriles is 1. The van der Waals surface area contributed by atoms with Crippen molar-refractivity contribution < 1.29 is 9.72 Å². The number of carbonyl (C=O) groups is 1. The van der Waals surface area contributed by atoms with E-state index in [0.29, 0.717) is 0 Å². The molecule has 0 bridgehead atoms. The molecule has 1 N–H and O–H groups in total. The number of rotatable bonds is 5. The first-order chi connectivity index (χ1) is 11.0. The van der Waals surface area contributed by atoms with Crippen LogP contribution in [0.4, 0.5) is 5.69 Å². The third-order valence-corrected chi connectivity index (χ3v) is 5.03. The Hall–Kier alpha value is -2.07. The monoisotopic (exact) mass is 333 g/mol. The Bertz CT molecular complexity index is 612. The van der Waals surface area contributed by atoms with Gasteiger partial charge in [-0.1, -0.05) is 25.0 Å². The second-order valence-electron chi connectivity index (χ2n) is 5.72.